The second kappa shape index (κ2) is 11.5. The Morgan fingerprint density at radius 2 is 1.67 bits per heavy atom. The molecule has 0 spiro atoms. The quantitative estimate of drug-likeness (QED) is 0.130. The van der Waals surface area contributed by atoms with Crippen LogP contribution < -0.4 is 20.2 Å². The number of hydrazone groups is 1. The van der Waals surface area contributed by atoms with E-state index in [1.54, 1.807) is 48.5 Å². The summed E-state index contributed by atoms with van der Waals surface area (Å²) >= 11 is 1.14. The summed E-state index contributed by atoms with van der Waals surface area (Å²) in [6.45, 7) is 0. The fourth-order valence-electron chi connectivity index (χ4n) is 2.89. The van der Waals surface area contributed by atoms with E-state index in [1.807, 2.05) is 30.3 Å². The summed E-state index contributed by atoms with van der Waals surface area (Å²) in [6.07, 6.45) is 1.31. The molecule has 2 N–H and O–H groups in total. The summed E-state index contributed by atoms with van der Waals surface area (Å²) in [6, 6.07) is 22.3. The third kappa shape index (κ3) is 6.36. The van der Waals surface area contributed by atoms with Crippen molar-refractivity contribution in [3.05, 3.63) is 90.0 Å². The van der Waals surface area contributed by atoms with Crippen molar-refractivity contribution in [1.29, 1.82) is 0 Å². The van der Waals surface area contributed by atoms with Gasteiger partial charge >= 0.3 is 17.8 Å². The standard InChI is InChI=1S/C25H19N5O5S/c1-34-19-12-10-18(11-13-19)24(33)35-20-9-5-6-16(14-20)15-26-28-22(32)21(31)27-25-30-29-23(36-25)17-7-3-2-4-8-17/h2-15H,1H3,(H,28,32)(H,27,30,31)/b26-15-. The molecule has 36 heavy (non-hydrogen) atoms. The SMILES string of the molecule is COc1ccc(C(=O)Oc2cccc(/C=N\NC(=O)C(=O)Nc3nnc(-c4ccccc4)s3)c2)cc1. The van der Waals surface area contributed by atoms with Gasteiger partial charge in [0.15, 0.2) is 0 Å². The first-order valence-electron chi connectivity index (χ1n) is 10.5. The molecule has 0 aliphatic rings. The van der Waals surface area contributed by atoms with Crippen LogP contribution >= 0.6 is 11.3 Å². The molecule has 0 unspecified atom stereocenters. The van der Waals surface area contributed by atoms with E-state index in [4.69, 9.17) is 9.47 Å². The van der Waals surface area contributed by atoms with Gasteiger partial charge in [0, 0.05) is 5.56 Å². The van der Waals surface area contributed by atoms with Gasteiger partial charge in [-0.3, -0.25) is 14.9 Å². The van der Waals surface area contributed by atoms with E-state index in [0.717, 1.165) is 16.9 Å². The molecular weight excluding hydrogens is 482 g/mol. The number of benzene rings is 3. The van der Waals surface area contributed by atoms with E-state index < -0.39 is 17.8 Å². The van der Waals surface area contributed by atoms with Crippen molar-refractivity contribution in [1.82, 2.24) is 15.6 Å². The van der Waals surface area contributed by atoms with E-state index in [9.17, 15) is 14.4 Å². The Morgan fingerprint density at radius 3 is 2.42 bits per heavy atom. The molecule has 0 atom stereocenters. The zero-order chi connectivity index (χ0) is 25.3. The smallest absolute Gasteiger partial charge is 0.343 e. The number of hydrogen-bond acceptors (Lipinski definition) is 9. The average Bonchev–Trinajstić information content (AvgIpc) is 3.38. The highest BCUT2D eigenvalue weighted by molar-refractivity contribution is 7.18. The van der Waals surface area contributed by atoms with Gasteiger partial charge in [0.1, 0.15) is 16.5 Å². The number of nitrogens with one attached hydrogen (secondary N) is 2. The minimum atomic E-state index is -0.982. The van der Waals surface area contributed by atoms with E-state index in [1.165, 1.54) is 13.3 Å². The lowest BCUT2D eigenvalue weighted by molar-refractivity contribution is -0.136. The van der Waals surface area contributed by atoms with Gasteiger partial charge < -0.3 is 9.47 Å². The van der Waals surface area contributed by atoms with Crippen molar-refractivity contribution in [2.75, 3.05) is 12.4 Å². The van der Waals surface area contributed by atoms with Crippen LogP contribution in [0.4, 0.5) is 5.13 Å². The lowest BCUT2D eigenvalue weighted by Crippen LogP contribution is -2.32. The predicted octanol–water partition coefficient (Wildman–Crippen LogP) is 3.52. The second-order valence-corrected chi connectivity index (χ2v) is 8.10. The number of nitrogens with zero attached hydrogens (tertiary/aromatic N) is 3. The van der Waals surface area contributed by atoms with Gasteiger partial charge in [-0.05, 0) is 42.0 Å². The highest BCUT2D eigenvalue weighted by Crippen LogP contribution is 2.25. The Kier molecular flexibility index (Phi) is 7.73. The summed E-state index contributed by atoms with van der Waals surface area (Å²) in [7, 11) is 1.54. The molecule has 0 saturated heterocycles. The molecule has 4 rings (SSSR count). The van der Waals surface area contributed by atoms with Crippen molar-refractivity contribution in [2.45, 2.75) is 0 Å². The number of hydrogen-bond donors (Lipinski definition) is 2. The largest absolute Gasteiger partial charge is 0.497 e. The number of rotatable bonds is 7. The van der Waals surface area contributed by atoms with E-state index in [0.29, 0.717) is 21.9 Å². The van der Waals surface area contributed by atoms with Crippen LogP contribution in [-0.4, -0.2) is 41.3 Å². The molecule has 1 aromatic heterocycles. The van der Waals surface area contributed by atoms with Crippen LogP contribution in [0.15, 0.2) is 84.0 Å². The summed E-state index contributed by atoms with van der Waals surface area (Å²) in [5, 5.41) is 14.8. The Hall–Kier alpha value is -4.90. The van der Waals surface area contributed by atoms with Crippen LogP contribution in [-0.2, 0) is 9.59 Å². The van der Waals surface area contributed by atoms with E-state index in [-0.39, 0.29) is 10.9 Å². The Bertz CT molecular complexity index is 1400. The lowest BCUT2D eigenvalue weighted by atomic mass is 10.2. The van der Waals surface area contributed by atoms with Crippen LogP contribution in [0.1, 0.15) is 15.9 Å². The van der Waals surface area contributed by atoms with Crippen LogP contribution in [0.2, 0.25) is 0 Å². The predicted molar refractivity (Wildman–Crippen MR) is 134 cm³/mol. The molecule has 0 saturated carbocycles. The fraction of sp³-hybridized carbons (Fsp3) is 0.0400. The molecule has 0 aliphatic carbocycles. The number of aromatic nitrogens is 2. The molecule has 0 bridgehead atoms. The Morgan fingerprint density at radius 1 is 0.889 bits per heavy atom. The first-order valence-corrected chi connectivity index (χ1v) is 11.3. The Labute approximate surface area is 209 Å². The van der Waals surface area contributed by atoms with E-state index >= 15 is 0 Å². The first kappa shape index (κ1) is 24.2. The van der Waals surface area contributed by atoms with Gasteiger partial charge in [-0.1, -0.05) is 53.8 Å². The third-order valence-electron chi connectivity index (χ3n) is 4.65. The van der Waals surface area contributed by atoms with Gasteiger partial charge in [0.2, 0.25) is 5.13 Å². The van der Waals surface area contributed by atoms with Crippen molar-refractivity contribution in [3.8, 4) is 22.1 Å². The van der Waals surface area contributed by atoms with Gasteiger partial charge in [0.25, 0.3) is 0 Å². The summed E-state index contributed by atoms with van der Waals surface area (Å²) < 4.78 is 10.4. The summed E-state index contributed by atoms with van der Waals surface area (Å²) in [5.41, 5.74) is 3.89. The summed E-state index contributed by atoms with van der Waals surface area (Å²) in [4.78, 5) is 36.5. The Balaban J connectivity index is 1.30. The highest BCUT2D eigenvalue weighted by Gasteiger charge is 2.16. The fourth-order valence-corrected chi connectivity index (χ4v) is 3.64. The topological polar surface area (TPSA) is 132 Å². The number of esters is 1. The third-order valence-corrected chi connectivity index (χ3v) is 5.53. The van der Waals surface area contributed by atoms with Gasteiger partial charge in [-0.15, -0.1) is 10.2 Å². The molecule has 0 fully saturated rings. The van der Waals surface area contributed by atoms with Crippen molar-refractivity contribution in [3.63, 3.8) is 0 Å². The minimum Gasteiger partial charge on any atom is -0.497 e. The first-order chi connectivity index (χ1) is 17.5. The molecular formula is C25H19N5O5S. The number of methoxy groups -OCH3 is 1. The maximum Gasteiger partial charge on any atom is 0.343 e. The van der Waals surface area contributed by atoms with Crippen LogP contribution in [0.3, 0.4) is 0 Å². The molecule has 10 nitrogen and oxygen atoms in total. The minimum absolute atomic E-state index is 0.185. The molecule has 0 aliphatic heterocycles. The second-order valence-electron chi connectivity index (χ2n) is 7.12. The molecule has 0 radical (unpaired) electrons. The molecule has 180 valence electrons. The number of amides is 2. The van der Waals surface area contributed by atoms with Gasteiger partial charge in [-0.25, -0.2) is 10.2 Å². The normalized spacial score (nSPS) is 10.6. The van der Waals surface area contributed by atoms with Crippen LogP contribution in [0, 0.1) is 0 Å². The molecule has 11 heteroatoms. The average molecular weight is 502 g/mol. The molecule has 3 aromatic carbocycles. The van der Waals surface area contributed by atoms with Crippen molar-refractivity contribution < 1.29 is 23.9 Å². The zero-order valence-electron chi connectivity index (χ0n) is 18.9. The van der Waals surface area contributed by atoms with Gasteiger partial charge in [0.05, 0.1) is 18.9 Å². The number of ether oxygens (including phenoxy) is 2. The maximum atomic E-state index is 12.3. The monoisotopic (exact) mass is 501 g/mol. The molecule has 1 heterocycles. The number of anilines is 1. The van der Waals surface area contributed by atoms with Crippen LogP contribution in [0.5, 0.6) is 11.5 Å². The van der Waals surface area contributed by atoms with Crippen LogP contribution in [0.25, 0.3) is 10.6 Å². The highest BCUT2D eigenvalue weighted by atomic mass is 32.1. The van der Waals surface area contributed by atoms with Crippen molar-refractivity contribution in [2.24, 2.45) is 5.10 Å². The maximum absolute atomic E-state index is 12.3. The molecule has 2 amide bonds. The van der Waals surface area contributed by atoms with E-state index in [2.05, 4.69) is 26.0 Å². The molecule has 4 aromatic rings. The number of carbonyl (C=O) groups is 3. The summed E-state index contributed by atoms with van der Waals surface area (Å²) in [5.74, 6) is -1.55. The number of carbonyl (C=O) groups excluding carboxylic acids is 3. The van der Waals surface area contributed by atoms with Gasteiger partial charge in [-0.2, -0.15) is 5.10 Å². The van der Waals surface area contributed by atoms with Crippen molar-refractivity contribution >= 4 is 40.5 Å². The lowest BCUT2D eigenvalue weighted by Gasteiger charge is -2.06. The zero-order valence-corrected chi connectivity index (χ0v) is 19.7.